The molecular formula is C14H24N2O4. The van der Waals surface area contributed by atoms with E-state index >= 15 is 0 Å². The topological polar surface area (TPSA) is 87.7 Å². The average Bonchev–Trinajstić information content (AvgIpc) is 2.71. The number of ether oxygens (including phenoxy) is 1. The molecule has 3 N–H and O–H groups in total. The predicted molar refractivity (Wildman–Crippen MR) is 73.4 cm³/mol. The quantitative estimate of drug-likeness (QED) is 0.730. The van der Waals surface area contributed by atoms with E-state index in [9.17, 15) is 14.7 Å². The van der Waals surface area contributed by atoms with Gasteiger partial charge >= 0.3 is 12.0 Å². The third-order valence-corrected chi connectivity index (χ3v) is 4.89. The van der Waals surface area contributed by atoms with Crippen LogP contribution in [0.5, 0.6) is 0 Å². The van der Waals surface area contributed by atoms with Crippen LogP contribution in [0, 0.1) is 11.8 Å². The Morgan fingerprint density at radius 2 is 1.85 bits per heavy atom. The normalized spacial score (nSPS) is 32.6. The summed E-state index contributed by atoms with van der Waals surface area (Å²) in [4.78, 5) is 23.6. The predicted octanol–water partition coefficient (Wildman–Crippen LogP) is 1.35. The summed E-state index contributed by atoms with van der Waals surface area (Å²) < 4.78 is 5.19. The first kappa shape index (κ1) is 15.1. The van der Waals surface area contributed by atoms with Gasteiger partial charge in [0.15, 0.2) is 0 Å². The van der Waals surface area contributed by atoms with Crippen LogP contribution in [0.25, 0.3) is 0 Å². The van der Waals surface area contributed by atoms with Gasteiger partial charge in [0.1, 0.15) is 5.54 Å². The largest absolute Gasteiger partial charge is 0.480 e. The van der Waals surface area contributed by atoms with Crippen molar-refractivity contribution in [1.82, 2.24) is 10.6 Å². The monoisotopic (exact) mass is 284 g/mol. The number of hydrogen-bond acceptors (Lipinski definition) is 3. The molecule has 6 heteroatoms. The van der Waals surface area contributed by atoms with Gasteiger partial charge in [-0.25, -0.2) is 9.59 Å². The van der Waals surface area contributed by atoms with Crippen LogP contribution < -0.4 is 10.6 Å². The smallest absolute Gasteiger partial charge is 0.329 e. The van der Waals surface area contributed by atoms with Crippen LogP contribution in [-0.2, 0) is 9.53 Å². The molecule has 2 amide bonds. The number of carboxylic acid groups (broad SMARTS) is 1. The lowest BCUT2D eigenvalue weighted by Gasteiger charge is -2.34. The number of carbonyl (C=O) groups excluding carboxylic acids is 1. The van der Waals surface area contributed by atoms with E-state index in [1.165, 1.54) is 0 Å². The molecule has 0 spiro atoms. The number of urea groups is 1. The molecule has 6 nitrogen and oxygen atoms in total. The molecule has 114 valence electrons. The molecule has 3 unspecified atom stereocenters. The minimum absolute atomic E-state index is 0.135. The van der Waals surface area contributed by atoms with Crippen LogP contribution in [0.3, 0.4) is 0 Å². The van der Waals surface area contributed by atoms with Gasteiger partial charge in [0.2, 0.25) is 0 Å². The van der Waals surface area contributed by atoms with E-state index in [2.05, 4.69) is 24.5 Å². The number of carbonyl (C=O) groups is 2. The minimum atomic E-state index is -1.18. The lowest BCUT2D eigenvalue weighted by atomic mass is 9.90. The van der Waals surface area contributed by atoms with Crippen LogP contribution in [0.4, 0.5) is 4.79 Å². The third kappa shape index (κ3) is 3.06. The molecule has 0 bridgehead atoms. The first-order valence-corrected chi connectivity index (χ1v) is 7.34. The van der Waals surface area contributed by atoms with Gasteiger partial charge in [0.25, 0.3) is 0 Å². The summed E-state index contributed by atoms with van der Waals surface area (Å²) in [7, 11) is 0. The fourth-order valence-electron chi connectivity index (χ4n) is 3.10. The molecule has 0 aromatic heterocycles. The standard InChI is InChI=1S/C14H24N2O4/c1-9-3-4-11(10(9)2)15-13(19)16-14(12(17)18)5-7-20-8-6-14/h9-11H,3-8H2,1-2H3,(H,17,18)(H2,15,16,19). The highest BCUT2D eigenvalue weighted by Gasteiger charge is 2.42. The van der Waals surface area contributed by atoms with Gasteiger partial charge in [0.05, 0.1) is 0 Å². The van der Waals surface area contributed by atoms with Gasteiger partial charge in [-0.2, -0.15) is 0 Å². The maximum atomic E-state index is 12.1. The highest BCUT2D eigenvalue weighted by Crippen LogP contribution is 2.31. The first-order valence-electron chi connectivity index (χ1n) is 7.34. The molecule has 2 aliphatic rings. The van der Waals surface area contributed by atoms with Crippen LogP contribution in [0.2, 0.25) is 0 Å². The van der Waals surface area contributed by atoms with Gasteiger partial charge in [-0.05, 0) is 24.7 Å². The molecule has 0 aromatic rings. The number of nitrogens with one attached hydrogen (secondary N) is 2. The number of rotatable bonds is 3. The van der Waals surface area contributed by atoms with E-state index in [4.69, 9.17) is 4.74 Å². The summed E-state index contributed by atoms with van der Waals surface area (Å²) in [5.74, 6) is 0.0387. The highest BCUT2D eigenvalue weighted by molar-refractivity contribution is 5.86. The Morgan fingerprint density at radius 3 is 2.35 bits per heavy atom. The van der Waals surface area contributed by atoms with Crippen LogP contribution >= 0.6 is 0 Å². The second-order valence-corrected chi connectivity index (χ2v) is 6.12. The molecule has 1 saturated carbocycles. The number of carboxylic acids is 1. The van der Waals surface area contributed by atoms with Crippen molar-refractivity contribution in [2.24, 2.45) is 11.8 Å². The number of hydrogen-bond donors (Lipinski definition) is 3. The zero-order valence-electron chi connectivity index (χ0n) is 12.1. The molecular weight excluding hydrogens is 260 g/mol. The molecule has 20 heavy (non-hydrogen) atoms. The van der Waals surface area contributed by atoms with Crippen molar-refractivity contribution in [2.75, 3.05) is 13.2 Å². The van der Waals surface area contributed by atoms with Gasteiger partial charge in [-0.15, -0.1) is 0 Å². The summed E-state index contributed by atoms with van der Waals surface area (Å²) in [5.41, 5.74) is -1.18. The summed E-state index contributed by atoms with van der Waals surface area (Å²) in [6.07, 6.45) is 2.68. The van der Waals surface area contributed by atoms with Crippen LogP contribution in [-0.4, -0.2) is 41.9 Å². The Morgan fingerprint density at radius 1 is 1.20 bits per heavy atom. The Hall–Kier alpha value is -1.30. The molecule has 0 aromatic carbocycles. The SMILES string of the molecule is CC1CCC(NC(=O)NC2(C(=O)O)CCOCC2)C1C. The number of amides is 2. The van der Waals surface area contributed by atoms with Gasteiger partial charge in [-0.1, -0.05) is 13.8 Å². The van der Waals surface area contributed by atoms with Crippen molar-refractivity contribution in [1.29, 1.82) is 0 Å². The second kappa shape index (κ2) is 5.99. The average molecular weight is 284 g/mol. The van der Waals surface area contributed by atoms with Gasteiger partial charge < -0.3 is 20.5 Å². The molecule has 1 heterocycles. The Bertz CT molecular complexity index is 379. The Kier molecular flexibility index (Phi) is 4.52. The van der Waals surface area contributed by atoms with Crippen LogP contribution in [0.15, 0.2) is 0 Å². The maximum absolute atomic E-state index is 12.1. The third-order valence-electron chi connectivity index (χ3n) is 4.89. The molecule has 1 aliphatic carbocycles. The first-order chi connectivity index (χ1) is 9.44. The summed E-state index contributed by atoms with van der Waals surface area (Å²) in [6.45, 7) is 5.04. The number of aliphatic carboxylic acids is 1. The zero-order valence-corrected chi connectivity index (χ0v) is 12.1. The summed E-state index contributed by atoms with van der Waals surface area (Å²) in [5, 5.41) is 15.0. The Labute approximate surface area is 119 Å². The van der Waals surface area contributed by atoms with Gasteiger partial charge in [-0.3, -0.25) is 0 Å². The van der Waals surface area contributed by atoms with Gasteiger partial charge in [0, 0.05) is 32.1 Å². The fraction of sp³-hybridized carbons (Fsp3) is 0.857. The molecule has 0 radical (unpaired) electrons. The van der Waals surface area contributed by atoms with E-state index in [1.807, 2.05) is 0 Å². The zero-order chi connectivity index (χ0) is 14.8. The molecule has 1 aliphatic heterocycles. The maximum Gasteiger partial charge on any atom is 0.329 e. The molecule has 1 saturated heterocycles. The lowest BCUT2D eigenvalue weighted by molar-refractivity contribution is -0.148. The minimum Gasteiger partial charge on any atom is -0.480 e. The highest BCUT2D eigenvalue weighted by atomic mass is 16.5. The van der Waals surface area contributed by atoms with Crippen molar-refractivity contribution in [3.63, 3.8) is 0 Å². The van der Waals surface area contributed by atoms with Crippen molar-refractivity contribution in [3.05, 3.63) is 0 Å². The van der Waals surface area contributed by atoms with Crippen molar-refractivity contribution in [3.8, 4) is 0 Å². The summed E-state index contributed by atoms with van der Waals surface area (Å²) >= 11 is 0. The lowest BCUT2D eigenvalue weighted by Crippen LogP contribution is -2.60. The molecule has 3 atom stereocenters. The molecule has 2 rings (SSSR count). The van der Waals surface area contributed by atoms with E-state index in [0.717, 1.165) is 12.8 Å². The van der Waals surface area contributed by atoms with E-state index < -0.39 is 11.5 Å². The molecule has 2 fully saturated rings. The van der Waals surface area contributed by atoms with E-state index in [0.29, 0.717) is 37.9 Å². The fourth-order valence-corrected chi connectivity index (χ4v) is 3.10. The Balaban J connectivity index is 1.94. The van der Waals surface area contributed by atoms with Crippen molar-refractivity contribution >= 4 is 12.0 Å². The van der Waals surface area contributed by atoms with E-state index in [1.54, 1.807) is 0 Å². The van der Waals surface area contributed by atoms with Crippen molar-refractivity contribution < 1.29 is 19.4 Å². The summed E-state index contributed by atoms with van der Waals surface area (Å²) in [6, 6.07) is -0.240. The second-order valence-electron chi connectivity index (χ2n) is 6.12. The van der Waals surface area contributed by atoms with Crippen LogP contribution in [0.1, 0.15) is 39.5 Å². The van der Waals surface area contributed by atoms with Crippen molar-refractivity contribution in [2.45, 2.75) is 51.1 Å². The van der Waals surface area contributed by atoms with E-state index in [-0.39, 0.29) is 12.1 Å².